The highest BCUT2D eigenvalue weighted by molar-refractivity contribution is 5.71. The molecule has 0 aromatic carbocycles. The van der Waals surface area contributed by atoms with Crippen molar-refractivity contribution in [1.29, 1.82) is 0 Å². The molecule has 1 atom stereocenters. The predicted octanol–water partition coefficient (Wildman–Crippen LogP) is 18.8. The molecule has 0 aliphatic carbocycles. The summed E-state index contributed by atoms with van der Waals surface area (Å²) in [6, 6.07) is 0. The van der Waals surface area contributed by atoms with Crippen molar-refractivity contribution in [2.75, 3.05) is 13.2 Å². The molecule has 0 heterocycles. The first-order chi connectivity index (χ1) is 32.5. The molecule has 0 aliphatic rings. The van der Waals surface area contributed by atoms with Crippen molar-refractivity contribution in [2.45, 2.75) is 290 Å². The highest BCUT2D eigenvalue weighted by Crippen LogP contribution is 2.16. The Balaban J connectivity index is 4.34. The Bertz CT molecular complexity index is 1200. The lowest BCUT2D eigenvalue weighted by Gasteiger charge is -2.18. The zero-order valence-corrected chi connectivity index (χ0v) is 43.7. The van der Waals surface area contributed by atoms with Crippen molar-refractivity contribution in [1.82, 2.24) is 0 Å². The van der Waals surface area contributed by atoms with Crippen LogP contribution in [0.25, 0.3) is 0 Å². The molecule has 66 heavy (non-hydrogen) atoms. The molecule has 6 nitrogen and oxygen atoms in total. The summed E-state index contributed by atoms with van der Waals surface area (Å²) in [4.78, 5) is 38.1. The van der Waals surface area contributed by atoms with Gasteiger partial charge in [-0.15, -0.1) is 0 Å². The minimum Gasteiger partial charge on any atom is -0.462 e. The lowest BCUT2D eigenvalue weighted by Crippen LogP contribution is -2.30. The maximum absolute atomic E-state index is 12.8. The van der Waals surface area contributed by atoms with E-state index in [2.05, 4.69) is 81.5 Å². The number of esters is 3. The van der Waals surface area contributed by atoms with E-state index in [1.54, 1.807) is 0 Å². The first-order valence-electron chi connectivity index (χ1n) is 28.3. The predicted molar refractivity (Wildman–Crippen MR) is 284 cm³/mol. The van der Waals surface area contributed by atoms with Gasteiger partial charge in [0.15, 0.2) is 6.10 Å². The molecule has 1 unspecified atom stereocenters. The molecule has 6 heteroatoms. The summed E-state index contributed by atoms with van der Waals surface area (Å²) in [5.41, 5.74) is 0. The summed E-state index contributed by atoms with van der Waals surface area (Å²) < 4.78 is 16.8. The van der Waals surface area contributed by atoms with E-state index in [1.165, 1.54) is 148 Å². The Kier molecular flexibility index (Phi) is 52.3. The van der Waals surface area contributed by atoms with E-state index >= 15 is 0 Å². The summed E-state index contributed by atoms with van der Waals surface area (Å²) >= 11 is 0. The average Bonchev–Trinajstić information content (AvgIpc) is 3.31. The second-order valence-electron chi connectivity index (χ2n) is 18.8. The van der Waals surface area contributed by atoms with Gasteiger partial charge in [-0.05, 0) is 77.0 Å². The quantitative estimate of drug-likeness (QED) is 0.0262. The highest BCUT2D eigenvalue weighted by atomic mass is 16.6. The zero-order chi connectivity index (χ0) is 47.9. The second kappa shape index (κ2) is 54.7. The second-order valence-corrected chi connectivity index (χ2v) is 18.8. The van der Waals surface area contributed by atoms with Crippen molar-refractivity contribution in [3.05, 3.63) is 60.8 Å². The van der Waals surface area contributed by atoms with Crippen molar-refractivity contribution < 1.29 is 28.6 Å². The number of allylic oxidation sites excluding steroid dienone is 10. The molecule has 0 radical (unpaired) electrons. The molecular formula is C60H106O6. The van der Waals surface area contributed by atoms with Gasteiger partial charge in [0.25, 0.3) is 0 Å². The number of rotatable bonds is 51. The highest BCUT2D eigenvalue weighted by Gasteiger charge is 2.19. The van der Waals surface area contributed by atoms with Gasteiger partial charge in [0.05, 0.1) is 0 Å². The normalized spacial score (nSPS) is 12.5. The van der Waals surface area contributed by atoms with Crippen LogP contribution >= 0.6 is 0 Å². The van der Waals surface area contributed by atoms with Gasteiger partial charge in [0, 0.05) is 19.3 Å². The molecule has 0 N–H and O–H groups in total. The van der Waals surface area contributed by atoms with Gasteiger partial charge in [0.1, 0.15) is 13.2 Å². The topological polar surface area (TPSA) is 78.9 Å². The molecule has 0 aliphatic heterocycles. The van der Waals surface area contributed by atoms with Crippen LogP contribution in [0.2, 0.25) is 0 Å². The van der Waals surface area contributed by atoms with Crippen LogP contribution in [0.4, 0.5) is 0 Å². The largest absolute Gasteiger partial charge is 0.462 e. The number of ether oxygens (including phenoxy) is 3. The third kappa shape index (κ3) is 52.1. The van der Waals surface area contributed by atoms with Crippen LogP contribution in [0.15, 0.2) is 60.8 Å². The van der Waals surface area contributed by atoms with Gasteiger partial charge in [0.2, 0.25) is 0 Å². The first-order valence-corrected chi connectivity index (χ1v) is 28.3. The van der Waals surface area contributed by atoms with E-state index in [0.717, 1.165) is 96.3 Å². The van der Waals surface area contributed by atoms with Gasteiger partial charge < -0.3 is 14.2 Å². The molecule has 0 spiro atoms. The molecule has 0 aromatic heterocycles. The monoisotopic (exact) mass is 923 g/mol. The minimum atomic E-state index is -0.781. The fourth-order valence-electron chi connectivity index (χ4n) is 8.00. The van der Waals surface area contributed by atoms with Crippen molar-refractivity contribution >= 4 is 17.9 Å². The Morgan fingerprint density at radius 2 is 0.606 bits per heavy atom. The molecule has 0 rings (SSSR count). The molecule has 382 valence electrons. The van der Waals surface area contributed by atoms with Crippen LogP contribution in [0, 0.1) is 0 Å². The van der Waals surface area contributed by atoms with Crippen LogP contribution < -0.4 is 0 Å². The van der Waals surface area contributed by atoms with Crippen LogP contribution in [0.3, 0.4) is 0 Å². The van der Waals surface area contributed by atoms with E-state index in [-0.39, 0.29) is 31.1 Å². The van der Waals surface area contributed by atoms with Crippen molar-refractivity contribution in [3.8, 4) is 0 Å². The number of hydrogen-bond acceptors (Lipinski definition) is 6. The summed E-state index contributed by atoms with van der Waals surface area (Å²) in [5.74, 6) is -0.893. The fraction of sp³-hybridized carbons (Fsp3) is 0.783. The first kappa shape index (κ1) is 63.1. The molecule has 0 fully saturated rings. The smallest absolute Gasteiger partial charge is 0.306 e. The third-order valence-corrected chi connectivity index (χ3v) is 12.3. The van der Waals surface area contributed by atoms with Gasteiger partial charge >= 0.3 is 17.9 Å². The van der Waals surface area contributed by atoms with Crippen LogP contribution in [0.1, 0.15) is 284 Å². The maximum atomic E-state index is 12.8. The molecule has 0 bridgehead atoms. The summed E-state index contributed by atoms with van der Waals surface area (Å²) in [6.07, 6.45) is 67.8. The van der Waals surface area contributed by atoms with E-state index in [0.29, 0.717) is 19.3 Å². The SMILES string of the molecule is CC/C=C\C/C=C\C/C=C\C/C=C\CCCCCCCCC(=O)OCC(COC(=O)CCCCCCC/C=C\CCCC)OC(=O)CCCCCCCCCCCCCCCCCCCC. The fourth-order valence-corrected chi connectivity index (χ4v) is 8.00. The summed E-state index contributed by atoms with van der Waals surface area (Å²) in [5, 5.41) is 0. The standard InChI is InChI=1S/C60H106O6/c1-4-7-10-13-16-19-22-24-26-28-30-32-33-35-38-41-44-47-50-53-59(62)65-56-57(55-64-58(61)52-49-46-43-40-37-21-18-15-12-9-6-3)66-60(63)54-51-48-45-42-39-36-34-31-29-27-25-23-20-17-14-11-8-5-2/h7,10,15-16,18-19,24,26,30,32,57H,4-6,8-9,11-14,17,20-23,25,27-29,31,33-56H2,1-3H3/b10-7-,18-15-,19-16-,26-24-,32-30-. The molecule has 0 amide bonds. The Morgan fingerprint density at radius 1 is 0.318 bits per heavy atom. The van der Waals surface area contributed by atoms with E-state index < -0.39 is 6.10 Å². The Morgan fingerprint density at radius 3 is 0.985 bits per heavy atom. The van der Waals surface area contributed by atoms with E-state index in [9.17, 15) is 14.4 Å². The Labute approximate surface area is 409 Å². The lowest BCUT2D eigenvalue weighted by molar-refractivity contribution is -0.167. The number of unbranched alkanes of at least 4 members (excludes halogenated alkanes) is 30. The van der Waals surface area contributed by atoms with Gasteiger partial charge in [-0.1, -0.05) is 248 Å². The summed E-state index contributed by atoms with van der Waals surface area (Å²) in [6.45, 7) is 6.50. The van der Waals surface area contributed by atoms with E-state index in [1.807, 2.05) is 0 Å². The van der Waals surface area contributed by atoms with Crippen molar-refractivity contribution in [3.63, 3.8) is 0 Å². The zero-order valence-electron chi connectivity index (χ0n) is 43.7. The summed E-state index contributed by atoms with van der Waals surface area (Å²) in [7, 11) is 0. The van der Waals surface area contributed by atoms with Gasteiger partial charge in [-0.2, -0.15) is 0 Å². The molecule has 0 saturated heterocycles. The molecular weight excluding hydrogens is 817 g/mol. The Hall–Kier alpha value is -2.89. The molecule has 0 saturated carbocycles. The number of carbonyl (C=O) groups excluding carboxylic acids is 3. The van der Waals surface area contributed by atoms with E-state index in [4.69, 9.17) is 14.2 Å². The van der Waals surface area contributed by atoms with Crippen LogP contribution in [-0.4, -0.2) is 37.2 Å². The van der Waals surface area contributed by atoms with Crippen LogP contribution in [0.5, 0.6) is 0 Å². The number of carbonyl (C=O) groups is 3. The lowest BCUT2D eigenvalue weighted by atomic mass is 10.0. The minimum absolute atomic E-state index is 0.0811. The van der Waals surface area contributed by atoms with Gasteiger partial charge in [-0.25, -0.2) is 0 Å². The van der Waals surface area contributed by atoms with Crippen LogP contribution in [-0.2, 0) is 28.6 Å². The average molecular weight is 924 g/mol. The van der Waals surface area contributed by atoms with Crippen molar-refractivity contribution in [2.24, 2.45) is 0 Å². The van der Waals surface area contributed by atoms with Gasteiger partial charge in [-0.3, -0.25) is 14.4 Å². The number of hydrogen-bond donors (Lipinski definition) is 0. The third-order valence-electron chi connectivity index (χ3n) is 12.3. The molecule has 0 aromatic rings. The maximum Gasteiger partial charge on any atom is 0.306 e.